The number of rotatable bonds is 34. The van der Waals surface area contributed by atoms with Gasteiger partial charge in [-0.15, -0.1) is 0 Å². The van der Waals surface area contributed by atoms with Gasteiger partial charge in [-0.25, -0.2) is 0 Å². The maximum Gasteiger partial charge on any atom is 0.215 e. The van der Waals surface area contributed by atoms with E-state index < -0.39 is 0 Å². The van der Waals surface area contributed by atoms with Crippen LogP contribution in [0.15, 0.2) is 109 Å². The van der Waals surface area contributed by atoms with Gasteiger partial charge >= 0.3 is 0 Å². The Morgan fingerprint density at radius 3 is 0.871 bits per heavy atom. The van der Waals surface area contributed by atoms with Crippen LogP contribution in [0, 0.1) is 0 Å². The van der Waals surface area contributed by atoms with Crippen LogP contribution in [0.3, 0.4) is 0 Å². The van der Waals surface area contributed by atoms with E-state index in [1.165, 1.54) is 151 Å². The Hall–Kier alpha value is -2.74. The van der Waals surface area contributed by atoms with Crippen LogP contribution in [-0.2, 0) is 19.9 Å². The summed E-state index contributed by atoms with van der Waals surface area (Å²) in [5.74, 6) is 1.76. The molecule has 344 valence electrons. The van der Waals surface area contributed by atoms with Crippen molar-refractivity contribution in [3.8, 4) is 11.5 Å². The number of hydrogen-bond acceptors (Lipinski definition) is 4. The predicted molar refractivity (Wildman–Crippen MR) is 273 cm³/mol. The quantitative estimate of drug-likeness (QED) is 0.0346. The summed E-state index contributed by atoms with van der Waals surface area (Å²) in [4.78, 5) is 0. The SMILES string of the molecule is CCCCCCCCCCCCCCOPOc1ccc(C(C)(C)c2ccccc2)cc1.CCCCCCCCCCCCOPOc1ccc(C(C)(C)c2ccccc2)cc1. The van der Waals surface area contributed by atoms with Gasteiger partial charge in [0.05, 0.1) is 13.2 Å². The van der Waals surface area contributed by atoms with Gasteiger partial charge < -0.3 is 18.1 Å². The van der Waals surface area contributed by atoms with E-state index in [1.54, 1.807) is 0 Å². The third-order valence-corrected chi connectivity index (χ3v) is 13.6. The van der Waals surface area contributed by atoms with Gasteiger partial charge in [-0.05, 0) is 59.4 Å². The van der Waals surface area contributed by atoms with Gasteiger partial charge in [-0.1, -0.05) is 255 Å². The molecule has 4 aromatic rings. The van der Waals surface area contributed by atoms with Gasteiger partial charge in [0.15, 0.2) is 0 Å². The Labute approximate surface area is 384 Å². The molecule has 0 spiro atoms. The monoisotopic (exact) mass is 885 g/mol. The lowest BCUT2D eigenvalue weighted by molar-refractivity contribution is 0.316. The van der Waals surface area contributed by atoms with Gasteiger partial charge in [0.2, 0.25) is 18.1 Å². The van der Waals surface area contributed by atoms with Gasteiger partial charge in [-0.2, -0.15) is 0 Å². The van der Waals surface area contributed by atoms with Crippen molar-refractivity contribution in [1.82, 2.24) is 0 Å². The van der Waals surface area contributed by atoms with E-state index >= 15 is 0 Å². The molecule has 4 nitrogen and oxygen atoms in total. The predicted octanol–water partition coefficient (Wildman–Crippen LogP) is 18.5. The minimum atomic E-state index is -0.0206. The van der Waals surface area contributed by atoms with E-state index in [4.69, 9.17) is 18.1 Å². The van der Waals surface area contributed by atoms with E-state index in [2.05, 4.69) is 151 Å². The fourth-order valence-electron chi connectivity index (χ4n) is 7.84. The summed E-state index contributed by atoms with van der Waals surface area (Å²) in [7, 11) is 0.155. The zero-order valence-electron chi connectivity index (χ0n) is 40.0. The van der Waals surface area contributed by atoms with Gasteiger partial charge in [0.1, 0.15) is 11.5 Å². The van der Waals surface area contributed by atoms with Crippen molar-refractivity contribution in [3.63, 3.8) is 0 Å². The highest BCUT2D eigenvalue weighted by Crippen LogP contribution is 2.34. The molecule has 2 atom stereocenters. The molecule has 0 fully saturated rings. The van der Waals surface area contributed by atoms with Crippen LogP contribution in [0.1, 0.15) is 205 Å². The Balaban J connectivity index is 0.000000331. The van der Waals surface area contributed by atoms with Crippen molar-refractivity contribution in [1.29, 1.82) is 0 Å². The highest BCUT2D eigenvalue weighted by molar-refractivity contribution is 7.26. The molecule has 0 saturated carbocycles. The Morgan fingerprint density at radius 2 is 0.581 bits per heavy atom. The third kappa shape index (κ3) is 22.7. The molecule has 0 radical (unpaired) electrons. The summed E-state index contributed by atoms with van der Waals surface area (Å²) < 4.78 is 23.0. The Morgan fingerprint density at radius 1 is 0.323 bits per heavy atom. The van der Waals surface area contributed by atoms with Crippen LogP contribution >= 0.6 is 18.1 Å². The van der Waals surface area contributed by atoms with E-state index in [1.807, 2.05) is 0 Å². The first-order valence-corrected chi connectivity index (χ1v) is 26.3. The average Bonchev–Trinajstić information content (AvgIpc) is 3.30. The zero-order valence-corrected chi connectivity index (χ0v) is 42.0. The minimum absolute atomic E-state index is 0.0198. The van der Waals surface area contributed by atoms with Crippen molar-refractivity contribution in [3.05, 3.63) is 131 Å². The second kappa shape index (κ2) is 33.7. The lowest BCUT2D eigenvalue weighted by Gasteiger charge is -2.26. The van der Waals surface area contributed by atoms with Crippen LogP contribution in [0.4, 0.5) is 0 Å². The van der Waals surface area contributed by atoms with E-state index in [0.29, 0.717) is 0 Å². The van der Waals surface area contributed by atoms with Crippen molar-refractivity contribution in [2.45, 2.75) is 194 Å². The molecule has 0 saturated heterocycles. The summed E-state index contributed by atoms with van der Waals surface area (Å²) in [5, 5.41) is 0. The van der Waals surface area contributed by atoms with E-state index in [-0.39, 0.29) is 28.9 Å². The maximum absolute atomic E-state index is 5.79. The molecule has 0 heterocycles. The molecule has 0 aromatic heterocycles. The van der Waals surface area contributed by atoms with Crippen LogP contribution in [0.2, 0.25) is 0 Å². The molecule has 0 aliphatic carbocycles. The van der Waals surface area contributed by atoms with Crippen molar-refractivity contribution < 1.29 is 18.1 Å². The molecule has 4 aromatic carbocycles. The molecule has 0 amide bonds. The fraction of sp³-hybridized carbons (Fsp3) is 0.571. The summed E-state index contributed by atoms with van der Waals surface area (Å²) in [6.45, 7) is 15.2. The number of hydrogen-bond donors (Lipinski definition) is 0. The normalized spacial score (nSPS) is 12.0. The smallest absolute Gasteiger partial charge is 0.215 e. The first kappa shape index (κ1) is 53.6. The van der Waals surface area contributed by atoms with Crippen LogP contribution < -0.4 is 9.05 Å². The Bertz CT molecular complexity index is 1610. The van der Waals surface area contributed by atoms with Crippen molar-refractivity contribution >= 4 is 18.1 Å². The van der Waals surface area contributed by atoms with Crippen LogP contribution in [-0.4, -0.2) is 13.2 Å². The number of benzene rings is 4. The lowest BCUT2D eigenvalue weighted by Crippen LogP contribution is -2.18. The molecule has 62 heavy (non-hydrogen) atoms. The summed E-state index contributed by atoms with van der Waals surface area (Å²) in [6.07, 6.45) is 29.9. The van der Waals surface area contributed by atoms with Gasteiger partial charge in [0.25, 0.3) is 0 Å². The number of unbranched alkanes of at least 4 members (excludes halogenated alkanes) is 20. The average molecular weight is 885 g/mol. The molecule has 0 aliphatic rings. The van der Waals surface area contributed by atoms with Gasteiger partial charge in [0, 0.05) is 10.8 Å². The molecular weight excluding hydrogens is 799 g/mol. The van der Waals surface area contributed by atoms with E-state index in [0.717, 1.165) is 37.6 Å². The highest BCUT2D eigenvalue weighted by atomic mass is 31.1. The second-order valence-corrected chi connectivity index (χ2v) is 19.5. The van der Waals surface area contributed by atoms with Crippen LogP contribution in [0.25, 0.3) is 0 Å². The second-order valence-electron chi connectivity index (χ2n) is 18.2. The van der Waals surface area contributed by atoms with Crippen molar-refractivity contribution in [2.24, 2.45) is 0 Å². The molecule has 0 N–H and O–H groups in total. The highest BCUT2D eigenvalue weighted by Gasteiger charge is 2.23. The zero-order chi connectivity index (χ0) is 44.4. The minimum Gasteiger partial charge on any atom is -0.450 e. The fourth-order valence-corrected chi connectivity index (χ4v) is 8.88. The first-order chi connectivity index (χ1) is 30.3. The standard InChI is InChI=1S/C29H45O2P.C27H41O2P/c1-4-5-6-7-8-9-10-11-12-13-14-18-25-30-32-31-28-23-21-27(22-24-28)29(2,3)26-19-16-15-17-20-26;1-4-5-6-7-8-9-10-11-12-16-23-28-30-29-26-21-19-25(20-22-26)27(2,3)24-17-14-13-15-18-24/h15-17,19-24,32H,4-14,18,25H2,1-3H3;13-15,17-22,30H,4-12,16,23H2,1-3H3. The molecule has 4 rings (SSSR count). The van der Waals surface area contributed by atoms with Gasteiger partial charge in [-0.3, -0.25) is 0 Å². The maximum atomic E-state index is 5.79. The molecule has 0 bridgehead atoms. The lowest BCUT2D eigenvalue weighted by atomic mass is 9.78. The summed E-state index contributed by atoms with van der Waals surface area (Å²) in [6, 6.07) is 38.2. The molecular formula is C56H86O4P2. The summed E-state index contributed by atoms with van der Waals surface area (Å²) in [5.41, 5.74) is 5.18. The van der Waals surface area contributed by atoms with E-state index in [9.17, 15) is 0 Å². The third-order valence-electron chi connectivity index (χ3n) is 12.3. The summed E-state index contributed by atoms with van der Waals surface area (Å²) >= 11 is 0. The molecule has 2 unspecified atom stereocenters. The topological polar surface area (TPSA) is 36.9 Å². The molecule has 0 aliphatic heterocycles. The largest absolute Gasteiger partial charge is 0.450 e. The first-order valence-electron chi connectivity index (χ1n) is 24.7. The van der Waals surface area contributed by atoms with Crippen molar-refractivity contribution in [2.75, 3.05) is 13.2 Å². The Kier molecular flexibility index (Phi) is 29.2. The van der Waals surface area contributed by atoms with Crippen LogP contribution in [0.5, 0.6) is 11.5 Å². The molecule has 6 heteroatoms.